The molecule has 2 aromatic rings. The molecule has 1 fully saturated rings. The second-order valence-corrected chi connectivity index (χ2v) is 8.11. The number of nitrogens with zero attached hydrogens (tertiary/aromatic N) is 3. The first-order valence-corrected chi connectivity index (χ1v) is 10.4. The average molecular weight is 424 g/mol. The van der Waals surface area contributed by atoms with Gasteiger partial charge >= 0.3 is 5.97 Å². The first-order chi connectivity index (χ1) is 15.0. The summed E-state index contributed by atoms with van der Waals surface area (Å²) < 4.78 is 19.9. The zero-order valence-corrected chi connectivity index (χ0v) is 17.3. The number of likely N-dealkylation sites (tertiary alicyclic amines) is 1. The Kier molecular flexibility index (Phi) is 6.28. The minimum atomic E-state index is -1.06. The number of carbonyl (C=O) groups is 1. The van der Waals surface area contributed by atoms with Crippen molar-refractivity contribution >= 4 is 5.97 Å². The summed E-state index contributed by atoms with van der Waals surface area (Å²) in [4.78, 5) is 17.7. The van der Waals surface area contributed by atoms with Crippen LogP contribution in [0.5, 0.6) is 0 Å². The Bertz CT molecular complexity index is 1010. The number of nitrogens with one attached hydrogen (secondary N) is 1. The predicted molar refractivity (Wildman–Crippen MR) is 111 cm³/mol. The van der Waals surface area contributed by atoms with Gasteiger partial charge in [0.2, 0.25) is 0 Å². The van der Waals surface area contributed by atoms with Crippen LogP contribution in [0.3, 0.4) is 0 Å². The molecule has 3 atom stereocenters. The van der Waals surface area contributed by atoms with E-state index in [1.807, 2.05) is 24.0 Å². The number of piperidine rings is 1. The van der Waals surface area contributed by atoms with Gasteiger partial charge in [-0.15, -0.1) is 0 Å². The van der Waals surface area contributed by atoms with Gasteiger partial charge in [-0.05, 0) is 48.7 Å². The molecular formula is C23H25FN4O3. The molecule has 2 N–H and O–H groups in total. The Hall–Kier alpha value is -2.86. The highest BCUT2D eigenvalue weighted by Crippen LogP contribution is 2.30. The lowest BCUT2D eigenvalue weighted by molar-refractivity contribution is 0.0535. The summed E-state index contributed by atoms with van der Waals surface area (Å²) in [5, 5.41) is 22.8. The fraction of sp³-hybridized carbons (Fsp3) is 0.435. The Morgan fingerprint density at radius 3 is 2.97 bits per heavy atom. The number of halogens is 1. The van der Waals surface area contributed by atoms with Gasteiger partial charge in [0.15, 0.2) is 0 Å². The fourth-order valence-corrected chi connectivity index (χ4v) is 4.28. The summed E-state index contributed by atoms with van der Waals surface area (Å²) in [7, 11) is 0. The van der Waals surface area contributed by atoms with Crippen molar-refractivity contribution in [3.63, 3.8) is 0 Å². The van der Waals surface area contributed by atoms with Crippen molar-refractivity contribution < 1.29 is 19.0 Å². The topological polar surface area (TPSA) is 98.5 Å². The molecule has 0 aliphatic carbocycles. The fourth-order valence-electron chi connectivity index (χ4n) is 4.28. The predicted octanol–water partition coefficient (Wildman–Crippen LogP) is 2.17. The Labute approximate surface area is 180 Å². The van der Waals surface area contributed by atoms with Gasteiger partial charge in [-0.1, -0.05) is 12.1 Å². The highest BCUT2D eigenvalue weighted by atomic mass is 19.1. The summed E-state index contributed by atoms with van der Waals surface area (Å²) in [5.74, 6) is -0.328. The number of cyclic esters (lactones) is 1. The number of pyridine rings is 1. The van der Waals surface area contributed by atoms with Gasteiger partial charge in [-0.3, -0.25) is 4.90 Å². The number of hydrogen-bond acceptors (Lipinski definition) is 7. The number of esters is 1. The zero-order chi connectivity index (χ0) is 22.0. The molecule has 31 heavy (non-hydrogen) atoms. The van der Waals surface area contributed by atoms with E-state index in [1.54, 1.807) is 24.4 Å². The number of benzene rings is 1. The lowest BCUT2D eigenvalue weighted by Gasteiger charge is -2.36. The maximum atomic E-state index is 14.8. The lowest BCUT2D eigenvalue weighted by Crippen LogP contribution is -2.51. The van der Waals surface area contributed by atoms with Gasteiger partial charge in [0.1, 0.15) is 24.5 Å². The van der Waals surface area contributed by atoms with Crippen molar-refractivity contribution in [2.24, 2.45) is 0 Å². The lowest BCUT2D eigenvalue weighted by atomic mass is 9.94. The molecule has 8 heteroatoms. The maximum absolute atomic E-state index is 14.8. The van der Waals surface area contributed by atoms with E-state index in [9.17, 15) is 14.3 Å². The summed E-state index contributed by atoms with van der Waals surface area (Å²) in [5.41, 5.74) is 4.25. The second kappa shape index (κ2) is 9.10. The van der Waals surface area contributed by atoms with Gasteiger partial charge < -0.3 is 15.2 Å². The molecular weight excluding hydrogens is 399 g/mol. The van der Waals surface area contributed by atoms with E-state index in [0.717, 1.165) is 22.3 Å². The Balaban J connectivity index is 1.31. The van der Waals surface area contributed by atoms with E-state index in [1.165, 1.54) is 0 Å². The van der Waals surface area contributed by atoms with Gasteiger partial charge in [-0.25, -0.2) is 14.2 Å². The molecule has 3 unspecified atom stereocenters. The number of aliphatic hydroxyl groups is 1. The van der Waals surface area contributed by atoms with E-state index >= 15 is 0 Å². The molecule has 1 aromatic heterocycles. The molecule has 0 bridgehead atoms. The zero-order valence-electron chi connectivity index (χ0n) is 17.3. The van der Waals surface area contributed by atoms with Gasteiger partial charge in [-0.2, -0.15) is 5.26 Å². The van der Waals surface area contributed by atoms with E-state index in [-0.39, 0.29) is 25.2 Å². The number of fused-ring (bicyclic) bond motifs is 1. The summed E-state index contributed by atoms with van der Waals surface area (Å²) in [6, 6.07) is 8.63. The number of aliphatic hydroxyl groups excluding tert-OH is 1. The first-order valence-electron chi connectivity index (χ1n) is 10.4. The molecule has 3 heterocycles. The van der Waals surface area contributed by atoms with Crippen molar-refractivity contribution in [1.29, 1.82) is 5.26 Å². The van der Waals surface area contributed by atoms with E-state index in [0.29, 0.717) is 37.3 Å². The van der Waals surface area contributed by atoms with Crippen molar-refractivity contribution in [2.45, 2.75) is 44.8 Å². The molecule has 0 saturated carbocycles. The van der Waals surface area contributed by atoms with Crippen LogP contribution in [0.15, 0.2) is 30.5 Å². The average Bonchev–Trinajstić information content (AvgIpc) is 3.15. The molecule has 1 saturated heterocycles. The van der Waals surface area contributed by atoms with Gasteiger partial charge in [0, 0.05) is 37.4 Å². The molecule has 0 spiro atoms. The highest BCUT2D eigenvalue weighted by molar-refractivity contribution is 5.93. The molecule has 0 radical (unpaired) electrons. The Morgan fingerprint density at radius 2 is 2.26 bits per heavy atom. The first kappa shape index (κ1) is 21.4. The largest absolute Gasteiger partial charge is 0.457 e. The third-order valence-corrected chi connectivity index (χ3v) is 6.13. The third-order valence-electron chi connectivity index (χ3n) is 6.13. The van der Waals surface area contributed by atoms with Crippen LogP contribution in [0.1, 0.15) is 50.8 Å². The minimum Gasteiger partial charge on any atom is -0.457 e. The van der Waals surface area contributed by atoms with Crippen LogP contribution in [0.2, 0.25) is 0 Å². The van der Waals surface area contributed by atoms with Crippen LogP contribution in [0.25, 0.3) is 0 Å². The SMILES string of the molecule is Cc1c(C(O)CN2CCC(NCc3ccc(C#N)nc3)C(F)C2)ccc2c1COC2=O. The Morgan fingerprint density at radius 1 is 1.42 bits per heavy atom. The van der Waals surface area contributed by atoms with E-state index in [4.69, 9.17) is 10.00 Å². The van der Waals surface area contributed by atoms with Crippen molar-refractivity contribution in [2.75, 3.05) is 19.6 Å². The summed E-state index contributed by atoms with van der Waals surface area (Å²) in [6.45, 7) is 3.85. The second-order valence-electron chi connectivity index (χ2n) is 8.11. The normalized spacial score (nSPS) is 21.9. The monoisotopic (exact) mass is 424 g/mol. The quantitative estimate of drug-likeness (QED) is 0.686. The number of rotatable bonds is 6. The number of hydrogen-bond donors (Lipinski definition) is 2. The van der Waals surface area contributed by atoms with Gasteiger partial charge in [0.05, 0.1) is 11.7 Å². The van der Waals surface area contributed by atoms with Crippen LogP contribution in [-0.2, 0) is 17.9 Å². The molecule has 1 aromatic carbocycles. The smallest absolute Gasteiger partial charge is 0.338 e. The molecule has 2 aliphatic heterocycles. The third kappa shape index (κ3) is 4.59. The van der Waals surface area contributed by atoms with Crippen molar-refractivity contribution in [3.05, 3.63) is 64.0 Å². The summed E-state index contributed by atoms with van der Waals surface area (Å²) >= 11 is 0. The number of nitriles is 1. The molecule has 0 amide bonds. The molecule has 2 aliphatic rings. The number of β-amino-alcohol motifs (C(OH)–C–C–N with tert-alkyl or cyclic N) is 1. The van der Waals surface area contributed by atoms with E-state index < -0.39 is 12.3 Å². The van der Waals surface area contributed by atoms with Crippen LogP contribution in [0, 0.1) is 18.3 Å². The van der Waals surface area contributed by atoms with E-state index in [2.05, 4.69) is 10.3 Å². The minimum absolute atomic E-state index is 0.235. The number of alkyl halides is 1. The van der Waals surface area contributed by atoms with Crippen molar-refractivity contribution in [1.82, 2.24) is 15.2 Å². The van der Waals surface area contributed by atoms with Crippen LogP contribution >= 0.6 is 0 Å². The molecule has 162 valence electrons. The maximum Gasteiger partial charge on any atom is 0.338 e. The highest BCUT2D eigenvalue weighted by Gasteiger charge is 2.31. The standard InChI is InChI=1S/C23H25FN4O3/c1-14-17(4-5-18-19(14)13-31-23(18)30)22(29)12-28-7-6-21(20(24)11-28)27-10-15-2-3-16(8-25)26-9-15/h2-5,9,20-22,27,29H,6-7,10-13H2,1H3. The summed E-state index contributed by atoms with van der Waals surface area (Å²) in [6.07, 6.45) is 0.437. The number of ether oxygens (including phenoxy) is 1. The molecule has 7 nitrogen and oxygen atoms in total. The van der Waals surface area contributed by atoms with Crippen LogP contribution in [0.4, 0.5) is 4.39 Å². The number of carbonyl (C=O) groups excluding carboxylic acids is 1. The van der Waals surface area contributed by atoms with Crippen LogP contribution < -0.4 is 5.32 Å². The van der Waals surface area contributed by atoms with Gasteiger partial charge in [0.25, 0.3) is 0 Å². The molecule has 4 rings (SSSR count). The van der Waals surface area contributed by atoms with Crippen molar-refractivity contribution in [3.8, 4) is 6.07 Å². The number of aromatic nitrogens is 1. The van der Waals surface area contributed by atoms with Crippen LogP contribution in [-0.4, -0.2) is 52.8 Å².